The molecule has 6 nitrogen and oxygen atoms in total. The van der Waals surface area contributed by atoms with Gasteiger partial charge in [0.15, 0.2) is 0 Å². The Morgan fingerprint density at radius 3 is 2.96 bits per heavy atom. The predicted molar refractivity (Wildman–Crippen MR) is 86.2 cm³/mol. The zero-order valence-electron chi connectivity index (χ0n) is 13.9. The van der Waals surface area contributed by atoms with Gasteiger partial charge in [-0.2, -0.15) is 5.10 Å². The number of hydrogen-bond donors (Lipinski definition) is 0. The molecular weight excluding hydrogens is 292 g/mol. The van der Waals surface area contributed by atoms with Gasteiger partial charge in [-0.25, -0.2) is 0 Å². The molecule has 23 heavy (non-hydrogen) atoms. The third-order valence-electron chi connectivity index (χ3n) is 5.45. The van der Waals surface area contributed by atoms with Crippen LogP contribution in [0.2, 0.25) is 0 Å². The highest BCUT2D eigenvalue weighted by Crippen LogP contribution is 2.29. The van der Waals surface area contributed by atoms with Crippen molar-refractivity contribution in [1.29, 1.82) is 0 Å². The van der Waals surface area contributed by atoms with E-state index in [1.165, 1.54) is 18.4 Å². The van der Waals surface area contributed by atoms with Crippen molar-refractivity contribution in [2.45, 2.75) is 50.8 Å². The van der Waals surface area contributed by atoms with Crippen molar-refractivity contribution in [3.8, 4) is 0 Å². The van der Waals surface area contributed by atoms with Crippen LogP contribution in [0, 0.1) is 6.92 Å². The largest absolute Gasteiger partial charge is 0.374 e. The van der Waals surface area contributed by atoms with Crippen molar-refractivity contribution in [3.63, 3.8) is 0 Å². The minimum Gasteiger partial charge on any atom is -0.374 e. The van der Waals surface area contributed by atoms with E-state index < -0.39 is 0 Å². The molecule has 2 atom stereocenters. The molecule has 1 aromatic rings. The van der Waals surface area contributed by atoms with Crippen LogP contribution in [0.1, 0.15) is 37.3 Å². The number of morpholine rings is 1. The third kappa shape index (κ3) is 3.02. The summed E-state index contributed by atoms with van der Waals surface area (Å²) in [5.74, 6) is 0.278. The zero-order chi connectivity index (χ0) is 15.8. The SMILES string of the molecule is Cc1cnn(C2CN(CC(=O)N3CCOC4CCCCC43)C2)c1. The molecule has 1 saturated carbocycles. The molecule has 1 aromatic heterocycles. The summed E-state index contributed by atoms with van der Waals surface area (Å²) in [6.45, 7) is 5.90. The molecule has 0 N–H and O–H groups in total. The number of carbonyl (C=O) groups excluding carboxylic acids is 1. The molecule has 126 valence electrons. The minimum atomic E-state index is 0.276. The second-order valence-electron chi connectivity index (χ2n) is 7.19. The van der Waals surface area contributed by atoms with Crippen LogP contribution in [0.5, 0.6) is 0 Å². The van der Waals surface area contributed by atoms with Crippen molar-refractivity contribution >= 4 is 5.91 Å². The van der Waals surface area contributed by atoms with Gasteiger partial charge in [0.1, 0.15) is 0 Å². The molecule has 0 aromatic carbocycles. The number of aromatic nitrogens is 2. The average Bonchev–Trinajstić information content (AvgIpc) is 2.95. The first-order valence-corrected chi connectivity index (χ1v) is 8.85. The summed E-state index contributed by atoms with van der Waals surface area (Å²) in [5, 5.41) is 4.37. The summed E-state index contributed by atoms with van der Waals surface area (Å²) < 4.78 is 7.90. The number of nitrogens with zero attached hydrogens (tertiary/aromatic N) is 4. The number of fused-ring (bicyclic) bond motifs is 1. The number of rotatable bonds is 3. The van der Waals surface area contributed by atoms with E-state index in [0.717, 1.165) is 32.5 Å². The molecule has 1 aliphatic carbocycles. The summed E-state index contributed by atoms with van der Waals surface area (Å²) in [6, 6.07) is 0.736. The Morgan fingerprint density at radius 1 is 1.35 bits per heavy atom. The van der Waals surface area contributed by atoms with Crippen LogP contribution in [0.15, 0.2) is 12.4 Å². The fourth-order valence-electron chi connectivity index (χ4n) is 4.16. The maximum Gasteiger partial charge on any atom is 0.237 e. The lowest BCUT2D eigenvalue weighted by Gasteiger charge is -2.45. The second kappa shape index (κ2) is 6.24. The highest BCUT2D eigenvalue weighted by atomic mass is 16.5. The molecule has 4 rings (SSSR count). The van der Waals surface area contributed by atoms with Gasteiger partial charge in [0, 0.05) is 25.8 Å². The van der Waals surface area contributed by atoms with Crippen molar-refractivity contribution in [1.82, 2.24) is 19.6 Å². The summed E-state index contributed by atoms with van der Waals surface area (Å²) in [6.07, 6.45) is 8.92. The monoisotopic (exact) mass is 318 g/mol. The van der Waals surface area contributed by atoms with Gasteiger partial charge in [0.2, 0.25) is 5.91 Å². The minimum absolute atomic E-state index is 0.276. The first-order valence-electron chi connectivity index (χ1n) is 8.85. The third-order valence-corrected chi connectivity index (χ3v) is 5.45. The van der Waals surface area contributed by atoms with Gasteiger partial charge in [-0.05, 0) is 25.3 Å². The number of carbonyl (C=O) groups is 1. The number of aryl methyl sites for hydroxylation is 1. The Bertz CT molecular complexity index is 565. The van der Waals surface area contributed by atoms with E-state index >= 15 is 0 Å². The molecule has 0 radical (unpaired) electrons. The lowest BCUT2D eigenvalue weighted by Crippen LogP contribution is -2.58. The van der Waals surface area contributed by atoms with Crippen molar-refractivity contribution in [2.24, 2.45) is 0 Å². The van der Waals surface area contributed by atoms with Crippen molar-refractivity contribution in [3.05, 3.63) is 18.0 Å². The van der Waals surface area contributed by atoms with Gasteiger partial charge in [-0.3, -0.25) is 14.4 Å². The fraction of sp³-hybridized carbons (Fsp3) is 0.765. The maximum atomic E-state index is 12.7. The predicted octanol–water partition coefficient (Wildman–Crippen LogP) is 1.22. The maximum absolute atomic E-state index is 12.7. The van der Waals surface area contributed by atoms with Crippen molar-refractivity contribution < 1.29 is 9.53 Å². The molecule has 3 heterocycles. The van der Waals surface area contributed by atoms with E-state index in [1.807, 2.05) is 10.9 Å². The van der Waals surface area contributed by atoms with E-state index in [-0.39, 0.29) is 12.0 Å². The Kier molecular flexibility index (Phi) is 4.11. The molecule has 2 saturated heterocycles. The van der Waals surface area contributed by atoms with E-state index in [9.17, 15) is 4.79 Å². The Labute approximate surface area is 137 Å². The van der Waals surface area contributed by atoms with E-state index in [4.69, 9.17) is 4.74 Å². The Morgan fingerprint density at radius 2 is 2.17 bits per heavy atom. The van der Waals surface area contributed by atoms with Crippen LogP contribution in [0.3, 0.4) is 0 Å². The molecule has 0 bridgehead atoms. The van der Waals surface area contributed by atoms with E-state index in [2.05, 4.69) is 28.0 Å². The highest BCUT2D eigenvalue weighted by Gasteiger charge is 2.38. The molecule has 2 unspecified atom stereocenters. The number of hydrogen-bond acceptors (Lipinski definition) is 4. The van der Waals surface area contributed by atoms with Gasteiger partial charge in [0.25, 0.3) is 0 Å². The number of likely N-dealkylation sites (tertiary alicyclic amines) is 1. The molecule has 3 aliphatic rings. The van der Waals surface area contributed by atoms with Crippen LogP contribution in [-0.4, -0.2) is 70.4 Å². The number of ether oxygens (including phenoxy) is 1. The molecule has 6 heteroatoms. The zero-order valence-corrected chi connectivity index (χ0v) is 13.9. The van der Waals surface area contributed by atoms with E-state index in [0.29, 0.717) is 25.2 Å². The lowest BCUT2D eigenvalue weighted by molar-refractivity contribution is -0.152. The van der Waals surface area contributed by atoms with Gasteiger partial charge >= 0.3 is 0 Å². The summed E-state index contributed by atoms with van der Waals surface area (Å²) >= 11 is 0. The molecule has 1 amide bonds. The summed E-state index contributed by atoms with van der Waals surface area (Å²) in [4.78, 5) is 17.0. The van der Waals surface area contributed by atoms with Gasteiger partial charge in [0.05, 0.1) is 37.5 Å². The lowest BCUT2D eigenvalue weighted by atomic mass is 9.90. The fourth-order valence-corrected chi connectivity index (χ4v) is 4.16. The summed E-state index contributed by atoms with van der Waals surface area (Å²) in [5.41, 5.74) is 1.19. The van der Waals surface area contributed by atoms with E-state index in [1.54, 1.807) is 0 Å². The first kappa shape index (κ1) is 15.1. The topological polar surface area (TPSA) is 50.6 Å². The first-order chi connectivity index (χ1) is 11.2. The second-order valence-corrected chi connectivity index (χ2v) is 7.19. The van der Waals surface area contributed by atoms with Gasteiger partial charge in [-0.1, -0.05) is 12.8 Å². The van der Waals surface area contributed by atoms with Crippen LogP contribution in [-0.2, 0) is 9.53 Å². The molecule has 3 fully saturated rings. The van der Waals surface area contributed by atoms with Crippen LogP contribution in [0.4, 0.5) is 0 Å². The normalized spacial score (nSPS) is 29.2. The highest BCUT2D eigenvalue weighted by molar-refractivity contribution is 5.79. The molecular formula is C17H26N4O2. The molecule has 2 aliphatic heterocycles. The Balaban J connectivity index is 1.30. The Hall–Kier alpha value is -1.40. The van der Waals surface area contributed by atoms with Gasteiger partial charge in [-0.15, -0.1) is 0 Å². The van der Waals surface area contributed by atoms with Crippen LogP contribution in [0.25, 0.3) is 0 Å². The van der Waals surface area contributed by atoms with Crippen LogP contribution >= 0.6 is 0 Å². The molecule has 0 spiro atoms. The quantitative estimate of drug-likeness (QED) is 0.841. The average molecular weight is 318 g/mol. The van der Waals surface area contributed by atoms with Crippen LogP contribution < -0.4 is 0 Å². The van der Waals surface area contributed by atoms with Crippen molar-refractivity contribution in [2.75, 3.05) is 32.8 Å². The summed E-state index contributed by atoms with van der Waals surface area (Å²) in [7, 11) is 0. The smallest absolute Gasteiger partial charge is 0.237 e. The number of amides is 1. The van der Waals surface area contributed by atoms with Gasteiger partial charge < -0.3 is 9.64 Å². The standard InChI is InChI=1S/C17H26N4O2/c1-13-8-18-21(9-13)14-10-19(11-14)12-17(22)20-6-7-23-16-5-3-2-4-15(16)20/h8-9,14-16H,2-7,10-12H2,1H3.